The Kier molecular flexibility index (Phi) is 7.64. The maximum atomic E-state index is 13.8. The number of amides is 1. The summed E-state index contributed by atoms with van der Waals surface area (Å²) in [6.07, 6.45) is 1.33. The van der Waals surface area contributed by atoms with Gasteiger partial charge in [-0.25, -0.2) is 12.8 Å². The molecule has 0 aliphatic heterocycles. The minimum Gasteiger partial charge on any atom is -0.332 e. The lowest BCUT2D eigenvalue weighted by Crippen LogP contribution is -2.50. The van der Waals surface area contributed by atoms with Crippen LogP contribution in [-0.4, -0.2) is 31.5 Å². The van der Waals surface area contributed by atoms with Crippen LogP contribution in [0.5, 0.6) is 0 Å². The summed E-state index contributed by atoms with van der Waals surface area (Å²) in [4.78, 5) is 15.4. The van der Waals surface area contributed by atoms with Gasteiger partial charge < -0.3 is 4.90 Å². The van der Waals surface area contributed by atoms with Gasteiger partial charge in [0.1, 0.15) is 11.9 Å². The molecule has 0 bridgehead atoms. The molecule has 1 amide bonds. The highest BCUT2D eigenvalue weighted by Gasteiger charge is 2.34. The van der Waals surface area contributed by atoms with Crippen molar-refractivity contribution in [1.29, 1.82) is 0 Å². The number of rotatable bonds is 9. The third-order valence-corrected chi connectivity index (χ3v) is 6.32. The molecule has 3 rings (SSSR count). The maximum Gasteiger partial charge on any atom is 0.247 e. The first-order chi connectivity index (χ1) is 15.3. The van der Waals surface area contributed by atoms with Gasteiger partial charge in [0.2, 0.25) is 15.9 Å². The fraction of sp³-hybridized carbons (Fsp3) is 0.240. The summed E-state index contributed by atoms with van der Waals surface area (Å²) in [6.45, 7) is 2.45. The van der Waals surface area contributed by atoms with Gasteiger partial charge in [-0.2, -0.15) is 0 Å². The Bertz CT molecular complexity index is 1080. The fourth-order valence-corrected chi connectivity index (χ4v) is 4.87. The minimum atomic E-state index is -3.80. The van der Waals surface area contributed by atoms with Crippen LogP contribution < -0.4 is 4.31 Å². The quantitative estimate of drug-likeness (QED) is 0.475. The molecule has 0 aromatic heterocycles. The lowest BCUT2D eigenvalue weighted by Gasteiger charge is -2.34. The molecule has 0 fully saturated rings. The number of carbonyl (C=O) groups is 1. The molecule has 32 heavy (non-hydrogen) atoms. The van der Waals surface area contributed by atoms with E-state index >= 15 is 0 Å². The second-order valence-electron chi connectivity index (χ2n) is 7.62. The summed E-state index contributed by atoms with van der Waals surface area (Å²) < 4.78 is 40.0. The third-order valence-electron chi connectivity index (χ3n) is 5.14. The number of hydrogen-bond donors (Lipinski definition) is 0. The summed E-state index contributed by atoms with van der Waals surface area (Å²) >= 11 is 0. The van der Waals surface area contributed by atoms with E-state index < -0.39 is 21.9 Å². The summed E-state index contributed by atoms with van der Waals surface area (Å²) in [7, 11) is -3.80. The largest absolute Gasteiger partial charge is 0.332 e. The van der Waals surface area contributed by atoms with Crippen LogP contribution in [0.3, 0.4) is 0 Å². The Morgan fingerprint density at radius 3 is 1.72 bits per heavy atom. The third kappa shape index (κ3) is 5.95. The van der Waals surface area contributed by atoms with E-state index in [0.29, 0.717) is 13.1 Å². The first-order valence-electron chi connectivity index (χ1n) is 10.4. The van der Waals surface area contributed by atoms with E-state index in [0.717, 1.165) is 21.7 Å². The summed E-state index contributed by atoms with van der Waals surface area (Å²) in [6, 6.07) is 23.3. The zero-order valence-corrected chi connectivity index (χ0v) is 19.0. The number of nitrogens with zero attached hydrogens (tertiary/aromatic N) is 2. The standard InChI is InChI=1S/C25H27FN2O3S/c1-3-24(28(32(2,30)31)23-16-14-22(26)15-17-23)25(29)27(18-20-10-6-4-7-11-20)19-21-12-8-5-9-13-21/h4-17,24H,3,18-19H2,1-2H3/t24-/m1/s1. The SMILES string of the molecule is CC[C@H](C(=O)N(Cc1ccccc1)Cc1ccccc1)N(c1ccc(F)cc1)S(C)(=O)=O. The number of anilines is 1. The molecular weight excluding hydrogens is 427 g/mol. The highest BCUT2D eigenvalue weighted by Crippen LogP contribution is 2.25. The number of carbonyl (C=O) groups excluding carboxylic acids is 1. The van der Waals surface area contributed by atoms with Gasteiger partial charge in [-0.15, -0.1) is 0 Å². The highest BCUT2D eigenvalue weighted by molar-refractivity contribution is 7.92. The minimum absolute atomic E-state index is 0.258. The first-order valence-corrected chi connectivity index (χ1v) is 12.3. The molecular formula is C25H27FN2O3S. The second-order valence-corrected chi connectivity index (χ2v) is 9.48. The van der Waals surface area contributed by atoms with E-state index in [1.54, 1.807) is 11.8 Å². The van der Waals surface area contributed by atoms with E-state index in [1.807, 2.05) is 60.7 Å². The average molecular weight is 455 g/mol. The zero-order chi connectivity index (χ0) is 23.1. The highest BCUT2D eigenvalue weighted by atomic mass is 32.2. The van der Waals surface area contributed by atoms with E-state index in [-0.39, 0.29) is 18.0 Å². The molecule has 5 nitrogen and oxygen atoms in total. The van der Waals surface area contributed by atoms with Gasteiger partial charge in [-0.3, -0.25) is 9.10 Å². The average Bonchev–Trinajstić information content (AvgIpc) is 2.78. The maximum absolute atomic E-state index is 13.8. The Labute approximate surface area is 189 Å². The molecule has 7 heteroatoms. The molecule has 0 radical (unpaired) electrons. The van der Waals surface area contributed by atoms with Crippen LogP contribution in [0.15, 0.2) is 84.9 Å². The Hall–Kier alpha value is -3.19. The Balaban J connectivity index is 1.99. The monoisotopic (exact) mass is 454 g/mol. The van der Waals surface area contributed by atoms with E-state index in [9.17, 15) is 17.6 Å². The van der Waals surface area contributed by atoms with Crippen LogP contribution in [-0.2, 0) is 27.9 Å². The van der Waals surface area contributed by atoms with Crippen molar-refractivity contribution < 1.29 is 17.6 Å². The van der Waals surface area contributed by atoms with Gasteiger partial charge in [0, 0.05) is 13.1 Å². The van der Waals surface area contributed by atoms with Gasteiger partial charge in [0.15, 0.2) is 0 Å². The van der Waals surface area contributed by atoms with E-state index in [4.69, 9.17) is 0 Å². The normalized spacial score (nSPS) is 12.2. The van der Waals surface area contributed by atoms with Crippen LogP contribution in [0.2, 0.25) is 0 Å². The molecule has 0 aliphatic carbocycles. The first kappa shape index (κ1) is 23.5. The van der Waals surface area contributed by atoms with Crippen LogP contribution in [0.25, 0.3) is 0 Å². The molecule has 0 aliphatic rings. The number of benzene rings is 3. The Morgan fingerprint density at radius 2 is 1.31 bits per heavy atom. The topological polar surface area (TPSA) is 57.7 Å². The van der Waals surface area contributed by atoms with Crippen molar-refractivity contribution in [2.45, 2.75) is 32.5 Å². The van der Waals surface area contributed by atoms with Crippen LogP contribution >= 0.6 is 0 Å². The molecule has 0 saturated heterocycles. The Morgan fingerprint density at radius 1 is 0.844 bits per heavy atom. The number of hydrogen-bond acceptors (Lipinski definition) is 3. The van der Waals surface area contributed by atoms with Gasteiger partial charge in [-0.05, 0) is 41.8 Å². The van der Waals surface area contributed by atoms with E-state index in [2.05, 4.69) is 0 Å². The van der Waals surface area contributed by atoms with Crippen molar-refractivity contribution >= 4 is 21.6 Å². The van der Waals surface area contributed by atoms with Gasteiger partial charge in [0.25, 0.3) is 0 Å². The molecule has 0 saturated carbocycles. The molecule has 168 valence electrons. The summed E-state index contributed by atoms with van der Waals surface area (Å²) in [5.74, 6) is -0.786. The number of sulfonamides is 1. The van der Waals surface area contributed by atoms with Crippen molar-refractivity contribution in [3.05, 3.63) is 102 Å². The lowest BCUT2D eigenvalue weighted by molar-refractivity contribution is -0.133. The van der Waals surface area contributed by atoms with Crippen LogP contribution in [0, 0.1) is 5.82 Å². The predicted octanol–water partition coefficient (Wildman–Crippen LogP) is 4.60. The van der Waals surface area contributed by atoms with Crippen molar-refractivity contribution in [2.24, 2.45) is 0 Å². The lowest BCUT2D eigenvalue weighted by atomic mass is 10.1. The molecule has 1 atom stereocenters. The summed E-state index contributed by atoms with van der Waals surface area (Å²) in [5, 5.41) is 0. The summed E-state index contributed by atoms with van der Waals surface area (Å²) in [5.41, 5.74) is 2.15. The zero-order valence-electron chi connectivity index (χ0n) is 18.2. The molecule has 3 aromatic rings. The fourth-order valence-electron chi connectivity index (χ4n) is 3.66. The van der Waals surface area contributed by atoms with Gasteiger partial charge in [-0.1, -0.05) is 67.6 Å². The van der Waals surface area contributed by atoms with E-state index in [1.165, 1.54) is 24.3 Å². The second kappa shape index (κ2) is 10.4. The van der Waals surface area contributed by atoms with Crippen molar-refractivity contribution in [1.82, 2.24) is 4.90 Å². The van der Waals surface area contributed by atoms with Crippen molar-refractivity contribution in [3.8, 4) is 0 Å². The van der Waals surface area contributed by atoms with Crippen LogP contribution in [0.1, 0.15) is 24.5 Å². The molecule has 0 unspecified atom stereocenters. The molecule has 0 N–H and O–H groups in total. The van der Waals surface area contributed by atoms with Gasteiger partial charge >= 0.3 is 0 Å². The van der Waals surface area contributed by atoms with Crippen molar-refractivity contribution in [2.75, 3.05) is 10.6 Å². The predicted molar refractivity (Wildman–Crippen MR) is 125 cm³/mol. The smallest absolute Gasteiger partial charge is 0.247 e. The number of halogens is 1. The van der Waals surface area contributed by atoms with Gasteiger partial charge in [0.05, 0.1) is 11.9 Å². The van der Waals surface area contributed by atoms with Crippen molar-refractivity contribution in [3.63, 3.8) is 0 Å². The molecule has 3 aromatic carbocycles. The molecule has 0 spiro atoms. The van der Waals surface area contributed by atoms with Crippen LogP contribution in [0.4, 0.5) is 10.1 Å². The molecule has 0 heterocycles.